The maximum atomic E-state index is 9.68. The van der Waals surface area contributed by atoms with E-state index in [0.717, 1.165) is 38.6 Å². The van der Waals surface area contributed by atoms with Gasteiger partial charge in [-0.25, -0.2) is 0 Å². The van der Waals surface area contributed by atoms with Gasteiger partial charge in [-0.05, 0) is 26.2 Å². The number of ether oxygens (including phenoxy) is 1. The normalized spacial score (nSPS) is 16.7. The summed E-state index contributed by atoms with van der Waals surface area (Å²) in [6.07, 6.45) is 4.97. The Labute approximate surface area is 125 Å². The summed E-state index contributed by atoms with van der Waals surface area (Å²) in [6, 6.07) is 0.316. The Morgan fingerprint density at radius 2 is 1.86 bits per heavy atom. The molecule has 0 unspecified atom stereocenters. The molecule has 0 amide bonds. The summed E-state index contributed by atoms with van der Waals surface area (Å²) in [5.41, 5.74) is -0.313. The molecule has 0 bridgehead atoms. The lowest BCUT2D eigenvalue weighted by atomic mass is 9.99. The third-order valence-electron chi connectivity index (χ3n) is 3.63. The lowest BCUT2D eigenvalue weighted by Gasteiger charge is -2.28. The van der Waals surface area contributed by atoms with Crippen LogP contribution in [0.15, 0.2) is 0 Å². The first-order chi connectivity index (χ1) is 10.2. The predicted molar refractivity (Wildman–Crippen MR) is 81.7 cm³/mol. The largest absolute Gasteiger partial charge is 0.463 e. The first kappa shape index (κ1) is 15.8. The minimum atomic E-state index is -0.313. The highest BCUT2D eigenvalue weighted by atomic mass is 16.5. The highest BCUT2D eigenvalue weighted by Crippen LogP contribution is 2.32. The molecular weight excluding hydrogens is 270 g/mol. The van der Waals surface area contributed by atoms with Crippen LogP contribution in [0.1, 0.15) is 46.0 Å². The third kappa shape index (κ3) is 4.17. The van der Waals surface area contributed by atoms with Gasteiger partial charge < -0.3 is 20.5 Å². The van der Waals surface area contributed by atoms with Gasteiger partial charge in [0, 0.05) is 6.54 Å². The number of hydrogen-bond donors (Lipinski definition) is 3. The van der Waals surface area contributed by atoms with Crippen molar-refractivity contribution >= 4 is 11.9 Å². The van der Waals surface area contributed by atoms with Crippen LogP contribution in [0, 0.1) is 0 Å². The highest BCUT2D eigenvalue weighted by Gasteiger charge is 2.34. The van der Waals surface area contributed by atoms with E-state index in [1.54, 1.807) is 0 Å². The van der Waals surface area contributed by atoms with Gasteiger partial charge in [0.05, 0.1) is 18.8 Å². The van der Waals surface area contributed by atoms with Gasteiger partial charge in [0.2, 0.25) is 11.9 Å². The molecule has 0 radical (unpaired) electrons. The van der Waals surface area contributed by atoms with Crippen molar-refractivity contribution in [3.05, 3.63) is 0 Å². The minimum Gasteiger partial charge on any atom is -0.463 e. The molecule has 0 saturated heterocycles. The topological polar surface area (TPSA) is 92.2 Å². The van der Waals surface area contributed by atoms with Crippen LogP contribution in [0.2, 0.25) is 0 Å². The predicted octanol–water partition coefficient (Wildman–Crippen LogP) is 1.81. The van der Waals surface area contributed by atoms with Crippen LogP contribution in [0.4, 0.5) is 11.9 Å². The maximum Gasteiger partial charge on any atom is 0.323 e. The molecule has 1 aromatic rings. The molecule has 0 aromatic carbocycles. The number of anilines is 2. The van der Waals surface area contributed by atoms with Crippen molar-refractivity contribution in [2.45, 2.75) is 51.5 Å². The van der Waals surface area contributed by atoms with E-state index in [0.29, 0.717) is 24.5 Å². The van der Waals surface area contributed by atoms with Crippen LogP contribution in [0.5, 0.6) is 6.01 Å². The minimum absolute atomic E-state index is 0.0837. The van der Waals surface area contributed by atoms with Gasteiger partial charge in [-0.1, -0.05) is 19.8 Å². The molecule has 7 nitrogen and oxygen atoms in total. The third-order valence-corrected chi connectivity index (χ3v) is 3.63. The molecule has 1 aromatic heterocycles. The number of hydrogen-bond acceptors (Lipinski definition) is 7. The molecule has 0 atom stereocenters. The van der Waals surface area contributed by atoms with Crippen molar-refractivity contribution < 1.29 is 9.84 Å². The maximum absolute atomic E-state index is 9.68. The Morgan fingerprint density at radius 3 is 2.48 bits per heavy atom. The lowest BCUT2D eigenvalue weighted by molar-refractivity contribution is 0.213. The van der Waals surface area contributed by atoms with Gasteiger partial charge in [0.25, 0.3) is 0 Å². The van der Waals surface area contributed by atoms with Crippen molar-refractivity contribution in [3.63, 3.8) is 0 Å². The molecule has 1 saturated carbocycles. The van der Waals surface area contributed by atoms with E-state index in [9.17, 15) is 5.11 Å². The molecule has 118 valence electrons. The molecule has 1 fully saturated rings. The summed E-state index contributed by atoms with van der Waals surface area (Å²) >= 11 is 0. The quantitative estimate of drug-likeness (QED) is 0.673. The monoisotopic (exact) mass is 295 g/mol. The lowest BCUT2D eigenvalue weighted by Crippen LogP contribution is -2.39. The number of aromatic nitrogens is 3. The fraction of sp³-hybridized carbons (Fsp3) is 0.786. The van der Waals surface area contributed by atoms with Crippen molar-refractivity contribution in [2.75, 3.05) is 30.4 Å². The van der Waals surface area contributed by atoms with Gasteiger partial charge in [-0.2, -0.15) is 15.0 Å². The molecular formula is C14H25N5O2. The van der Waals surface area contributed by atoms with Crippen molar-refractivity contribution in [2.24, 2.45) is 0 Å². The van der Waals surface area contributed by atoms with Gasteiger partial charge in [0.15, 0.2) is 0 Å². The Balaban J connectivity index is 2.18. The van der Waals surface area contributed by atoms with E-state index in [1.165, 1.54) is 0 Å². The number of nitrogens with one attached hydrogen (secondary N) is 2. The van der Waals surface area contributed by atoms with Gasteiger partial charge in [-0.15, -0.1) is 0 Å². The van der Waals surface area contributed by atoms with Gasteiger partial charge in [0.1, 0.15) is 0 Å². The molecule has 0 spiro atoms. The number of aliphatic hydroxyl groups excluding tert-OH is 1. The first-order valence-corrected chi connectivity index (χ1v) is 7.73. The molecule has 7 heteroatoms. The first-order valence-electron chi connectivity index (χ1n) is 7.73. The van der Waals surface area contributed by atoms with E-state index < -0.39 is 0 Å². The highest BCUT2D eigenvalue weighted by molar-refractivity contribution is 5.38. The van der Waals surface area contributed by atoms with Crippen LogP contribution in [0.25, 0.3) is 0 Å². The second-order valence-electron chi connectivity index (χ2n) is 5.41. The molecule has 0 aliphatic heterocycles. The van der Waals surface area contributed by atoms with E-state index in [-0.39, 0.29) is 12.1 Å². The summed E-state index contributed by atoms with van der Waals surface area (Å²) < 4.78 is 5.51. The Hall–Kier alpha value is -1.63. The summed E-state index contributed by atoms with van der Waals surface area (Å²) in [7, 11) is 0. The summed E-state index contributed by atoms with van der Waals surface area (Å²) in [5.74, 6) is 0.954. The molecule has 1 heterocycles. The zero-order valence-electron chi connectivity index (χ0n) is 12.9. The zero-order valence-corrected chi connectivity index (χ0v) is 12.9. The Morgan fingerprint density at radius 1 is 1.14 bits per heavy atom. The van der Waals surface area contributed by atoms with Crippen molar-refractivity contribution in [3.8, 4) is 6.01 Å². The van der Waals surface area contributed by atoms with E-state index >= 15 is 0 Å². The summed E-state index contributed by atoms with van der Waals surface area (Å²) in [5, 5.41) is 16.0. The van der Waals surface area contributed by atoms with Crippen molar-refractivity contribution in [1.82, 2.24) is 15.0 Å². The SMILES string of the molecule is CCCOc1nc(NCC)nc(NC2(CO)CCCC2)n1. The standard InChI is InChI=1S/C14H25N5O2/c1-3-9-21-13-17-11(15-4-2)16-12(18-13)19-14(10-20)7-5-6-8-14/h20H,3-10H2,1-2H3,(H2,15,16,17,18,19). The summed E-state index contributed by atoms with van der Waals surface area (Å²) in [6.45, 7) is 5.39. The molecule has 1 aliphatic rings. The van der Waals surface area contributed by atoms with Crippen LogP contribution in [-0.4, -0.2) is 45.4 Å². The average Bonchev–Trinajstić information content (AvgIpc) is 2.94. The smallest absolute Gasteiger partial charge is 0.323 e. The van der Waals surface area contributed by atoms with Crippen LogP contribution < -0.4 is 15.4 Å². The average molecular weight is 295 g/mol. The molecule has 3 N–H and O–H groups in total. The van der Waals surface area contributed by atoms with Crippen LogP contribution >= 0.6 is 0 Å². The van der Waals surface area contributed by atoms with Gasteiger partial charge in [-0.3, -0.25) is 0 Å². The van der Waals surface area contributed by atoms with Crippen LogP contribution in [-0.2, 0) is 0 Å². The van der Waals surface area contributed by atoms with E-state index in [2.05, 4.69) is 25.6 Å². The molecule has 2 rings (SSSR count). The Bertz CT molecular complexity index is 449. The van der Waals surface area contributed by atoms with Crippen LogP contribution in [0.3, 0.4) is 0 Å². The van der Waals surface area contributed by atoms with E-state index in [4.69, 9.17) is 4.74 Å². The second kappa shape index (κ2) is 7.40. The van der Waals surface area contributed by atoms with Gasteiger partial charge >= 0.3 is 6.01 Å². The number of rotatable bonds is 8. The zero-order chi connectivity index (χ0) is 15.1. The van der Waals surface area contributed by atoms with Crippen molar-refractivity contribution in [1.29, 1.82) is 0 Å². The fourth-order valence-corrected chi connectivity index (χ4v) is 2.52. The fourth-order valence-electron chi connectivity index (χ4n) is 2.52. The van der Waals surface area contributed by atoms with E-state index in [1.807, 2.05) is 13.8 Å². The Kier molecular flexibility index (Phi) is 5.55. The number of aliphatic hydroxyl groups is 1. The number of nitrogens with zero attached hydrogens (tertiary/aromatic N) is 3. The molecule has 1 aliphatic carbocycles. The molecule has 21 heavy (non-hydrogen) atoms. The second-order valence-corrected chi connectivity index (χ2v) is 5.41. The summed E-state index contributed by atoms with van der Waals surface area (Å²) in [4.78, 5) is 12.9.